The highest BCUT2D eigenvalue weighted by molar-refractivity contribution is 5.93. The van der Waals surface area contributed by atoms with Crippen LogP contribution in [0.2, 0.25) is 0 Å². The number of nitrogens with two attached hydrogens (primary N) is 1. The number of methoxy groups -OCH3 is 1. The number of carboxylic acid groups (broad SMARTS) is 2. The van der Waals surface area contributed by atoms with Crippen molar-refractivity contribution < 1.29 is 61.6 Å². The molecule has 8 N–H and O–H groups in total. The molecule has 1 saturated carbocycles. The Morgan fingerprint density at radius 2 is 1.48 bits per heavy atom. The summed E-state index contributed by atoms with van der Waals surface area (Å²) >= 11 is 0. The molecule has 1 aromatic carbocycles. The van der Waals surface area contributed by atoms with Crippen molar-refractivity contribution in [3.63, 3.8) is 0 Å². The van der Waals surface area contributed by atoms with Crippen LogP contribution in [0.3, 0.4) is 0 Å². The normalized spacial score (nSPS) is 14.6. The van der Waals surface area contributed by atoms with Gasteiger partial charge < -0.3 is 46.7 Å². The zero-order valence-electron chi connectivity index (χ0n) is 26.6. The molecular weight excluding hydrogens is 647 g/mol. The number of unbranched alkanes of at least 4 members (excludes halogenated alkanes) is 2. The first-order valence-corrected chi connectivity index (χ1v) is 15.3. The van der Waals surface area contributed by atoms with E-state index in [0.717, 1.165) is 18.4 Å². The van der Waals surface area contributed by atoms with Crippen molar-refractivity contribution in [1.82, 2.24) is 21.3 Å². The second kappa shape index (κ2) is 21.3. The summed E-state index contributed by atoms with van der Waals surface area (Å²) in [6, 6.07) is 6.24. The van der Waals surface area contributed by atoms with Crippen molar-refractivity contribution in [3.05, 3.63) is 35.9 Å². The zero-order valence-corrected chi connectivity index (χ0v) is 26.6. The summed E-state index contributed by atoms with van der Waals surface area (Å²) in [6.45, 7) is 0.824. The molecule has 270 valence electrons. The van der Waals surface area contributed by atoms with Crippen LogP contribution >= 0.6 is 0 Å². The van der Waals surface area contributed by atoms with E-state index in [0.29, 0.717) is 45.1 Å². The van der Waals surface area contributed by atoms with E-state index in [2.05, 4.69) is 21.3 Å². The van der Waals surface area contributed by atoms with Crippen LogP contribution in [0.25, 0.3) is 0 Å². The minimum Gasteiger partial charge on any atom is -0.480 e. The van der Waals surface area contributed by atoms with Gasteiger partial charge in [-0.25, -0.2) is 24.0 Å². The van der Waals surface area contributed by atoms with Crippen molar-refractivity contribution in [1.29, 1.82) is 0 Å². The zero-order chi connectivity index (χ0) is 36.2. The molecule has 0 unspecified atom stereocenters. The molecule has 1 fully saturated rings. The average molecular weight is 692 g/mol. The fraction of sp³-hybridized carbons (Fsp3) is 0.600. The maximum absolute atomic E-state index is 13.3. The minimum absolute atomic E-state index is 0.138. The third-order valence-corrected chi connectivity index (χ3v) is 7.21. The van der Waals surface area contributed by atoms with E-state index >= 15 is 0 Å². The molecule has 4 amide bonds. The Kier molecular flexibility index (Phi) is 18.4. The van der Waals surface area contributed by atoms with Crippen LogP contribution in [-0.4, -0.2) is 90.2 Å². The van der Waals surface area contributed by atoms with E-state index < -0.39 is 59.7 Å². The quantitative estimate of drug-likeness (QED) is 0.0926. The number of amides is 4. The van der Waals surface area contributed by atoms with Gasteiger partial charge in [0.2, 0.25) is 5.91 Å². The predicted molar refractivity (Wildman–Crippen MR) is 163 cm³/mol. The Hall–Kier alpha value is -4.61. The first-order valence-electron chi connectivity index (χ1n) is 15.3. The number of benzene rings is 1. The van der Waals surface area contributed by atoms with Gasteiger partial charge in [0.25, 0.3) is 0 Å². The molecule has 1 aliphatic carbocycles. The van der Waals surface area contributed by atoms with Crippen LogP contribution in [0, 0.1) is 0 Å². The summed E-state index contributed by atoms with van der Waals surface area (Å²) in [5, 5.41) is 27.0. The molecule has 0 bridgehead atoms. The molecule has 0 aromatic heterocycles. The summed E-state index contributed by atoms with van der Waals surface area (Å²) in [5.41, 5.74) is 5.16. The smallest absolute Gasteiger partial charge is 0.480 e. The highest BCUT2D eigenvalue weighted by Crippen LogP contribution is 2.31. The van der Waals surface area contributed by atoms with Gasteiger partial charge in [0.05, 0.1) is 7.11 Å². The summed E-state index contributed by atoms with van der Waals surface area (Å²) in [6.07, 6.45) is -0.933. The first kappa shape index (κ1) is 41.4. The van der Waals surface area contributed by atoms with Crippen LogP contribution in [0.5, 0.6) is 0 Å². The van der Waals surface area contributed by atoms with Crippen LogP contribution in [-0.2, 0) is 35.3 Å². The molecule has 0 spiro atoms. The molecule has 0 aliphatic heterocycles. The molecule has 0 radical (unpaired) electrons. The fourth-order valence-corrected chi connectivity index (χ4v) is 4.69. The van der Waals surface area contributed by atoms with E-state index in [9.17, 15) is 42.3 Å². The number of halogens is 3. The number of carbonyl (C=O) groups excluding carboxylic acids is 4. The number of rotatable bonds is 17. The number of hydrogen-bond acceptors (Lipinski definition) is 9. The second-order valence-corrected chi connectivity index (χ2v) is 10.9. The summed E-state index contributed by atoms with van der Waals surface area (Å²) < 4.78 is 41.8. The molecule has 18 heteroatoms. The van der Waals surface area contributed by atoms with Crippen molar-refractivity contribution in [2.75, 3.05) is 20.2 Å². The second-order valence-electron chi connectivity index (χ2n) is 10.9. The molecular formula is C30H44F3N5O10. The largest absolute Gasteiger partial charge is 0.490 e. The number of hydrogen-bond donors (Lipinski definition) is 7. The number of nitrogens with one attached hydrogen (secondary N) is 4. The SMILES string of the molecule is COC(=O)C1(NC(=O)[C@@H](CCCCNC(=O)OCc2ccccc2)NC(=O)N[C@@H](CCCCN)C(=O)O)CCCC1.O=C(O)C(F)(F)F. The number of aliphatic carboxylic acids is 2. The van der Waals surface area contributed by atoms with Crippen molar-refractivity contribution in [3.8, 4) is 0 Å². The topological polar surface area (TPSA) is 235 Å². The lowest BCUT2D eigenvalue weighted by molar-refractivity contribution is -0.192. The van der Waals surface area contributed by atoms with Gasteiger partial charge in [-0.3, -0.25) is 4.79 Å². The third kappa shape index (κ3) is 15.8. The van der Waals surface area contributed by atoms with Crippen molar-refractivity contribution in [2.45, 2.75) is 94.6 Å². The van der Waals surface area contributed by atoms with Gasteiger partial charge in [-0.2, -0.15) is 13.2 Å². The Morgan fingerprint density at radius 3 is 2.02 bits per heavy atom. The lowest BCUT2D eigenvalue weighted by Gasteiger charge is -2.30. The molecule has 1 aromatic rings. The number of esters is 1. The molecule has 2 atom stereocenters. The Balaban J connectivity index is 0.00000148. The summed E-state index contributed by atoms with van der Waals surface area (Å²) in [5.74, 6) is -5.07. The van der Waals surface area contributed by atoms with Gasteiger partial charge in [0.1, 0.15) is 24.2 Å². The van der Waals surface area contributed by atoms with E-state index in [-0.39, 0.29) is 26.0 Å². The van der Waals surface area contributed by atoms with Crippen molar-refractivity contribution in [2.24, 2.45) is 5.73 Å². The molecule has 0 saturated heterocycles. The van der Waals surface area contributed by atoms with Crippen LogP contribution in [0.15, 0.2) is 30.3 Å². The van der Waals surface area contributed by atoms with E-state index in [1.54, 1.807) is 0 Å². The maximum Gasteiger partial charge on any atom is 0.490 e. The molecule has 2 rings (SSSR count). The lowest BCUT2D eigenvalue weighted by atomic mass is 9.96. The van der Waals surface area contributed by atoms with Crippen LogP contribution < -0.4 is 27.0 Å². The van der Waals surface area contributed by atoms with Gasteiger partial charge in [-0.15, -0.1) is 0 Å². The van der Waals surface area contributed by atoms with Gasteiger partial charge in [0, 0.05) is 6.54 Å². The number of alkyl halides is 3. The van der Waals surface area contributed by atoms with E-state index in [1.165, 1.54) is 7.11 Å². The Bertz CT molecular complexity index is 1200. The predicted octanol–water partition coefficient (Wildman–Crippen LogP) is 2.57. The van der Waals surface area contributed by atoms with Gasteiger partial charge >= 0.3 is 36.2 Å². The molecule has 48 heavy (non-hydrogen) atoms. The molecule has 15 nitrogen and oxygen atoms in total. The molecule has 0 heterocycles. The highest BCUT2D eigenvalue weighted by Gasteiger charge is 2.44. The monoisotopic (exact) mass is 691 g/mol. The number of carbonyl (C=O) groups is 6. The fourth-order valence-electron chi connectivity index (χ4n) is 4.69. The number of alkyl carbamates (subject to hydrolysis) is 1. The Morgan fingerprint density at radius 1 is 0.917 bits per heavy atom. The highest BCUT2D eigenvalue weighted by atomic mass is 19.4. The lowest BCUT2D eigenvalue weighted by Crippen LogP contribution is -2.59. The average Bonchev–Trinajstić information content (AvgIpc) is 3.52. The summed E-state index contributed by atoms with van der Waals surface area (Å²) in [4.78, 5) is 71.0. The number of urea groups is 1. The summed E-state index contributed by atoms with van der Waals surface area (Å²) in [7, 11) is 1.26. The van der Waals surface area contributed by atoms with Crippen LogP contribution in [0.1, 0.15) is 69.8 Å². The van der Waals surface area contributed by atoms with Gasteiger partial charge in [-0.1, -0.05) is 43.2 Å². The maximum atomic E-state index is 13.3. The third-order valence-electron chi connectivity index (χ3n) is 7.21. The van der Waals surface area contributed by atoms with Gasteiger partial charge in [-0.05, 0) is 63.5 Å². The number of ether oxygens (including phenoxy) is 2. The Labute approximate surface area is 275 Å². The van der Waals surface area contributed by atoms with Crippen LogP contribution in [0.4, 0.5) is 22.8 Å². The van der Waals surface area contributed by atoms with E-state index in [4.69, 9.17) is 25.1 Å². The molecule has 1 aliphatic rings. The number of carboxylic acids is 2. The van der Waals surface area contributed by atoms with E-state index in [1.807, 2.05) is 30.3 Å². The first-order chi connectivity index (χ1) is 22.6. The van der Waals surface area contributed by atoms with Gasteiger partial charge in [0.15, 0.2) is 0 Å². The standard InChI is InChI=1S/C28H43N5O8.C2HF3O2/c1-40-25(37)28(15-7-8-16-28)33-23(34)21(31-26(38)32-22(24(35)36)14-5-9-17-29)13-6-10-18-30-27(39)41-19-20-11-3-2-4-12-20;3-2(4,5)1(6)7/h2-4,11-12,21-22H,5-10,13-19,29H2,1H3,(H,30,39)(H,33,34)(H,35,36)(H2,31,32,38);(H,6,7)/t21-,22+;/m1./s1. The van der Waals surface area contributed by atoms with Crippen molar-refractivity contribution >= 4 is 35.9 Å². The minimum atomic E-state index is -5.08.